The fourth-order valence-electron chi connectivity index (χ4n) is 2.74. The van der Waals surface area contributed by atoms with Crippen molar-refractivity contribution in [2.75, 3.05) is 6.54 Å². The number of rotatable bonds is 2. The summed E-state index contributed by atoms with van der Waals surface area (Å²) in [5.41, 5.74) is 1.70. The predicted molar refractivity (Wildman–Crippen MR) is 83.7 cm³/mol. The molecule has 1 aliphatic heterocycles. The van der Waals surface area contributed by atoms with Crippen molar-refractivity contribution in [1.82, 2.24) is 9.88 Å². The molecule has 1 atom stereocenters. The summed E-state index contributed by atoms with van der Waals surface area (Å²) >= 11 is 11.9. The molecule has 5 heteroatoms. The van der Waals surface area contributed by atoms with E-state index in [4.69, 9.17) is 23.2 Å². The number of hydrogen-bond acceptors (Lipinski definition) is 2. The van der Waals surface area contributed by atoms with E-state index in [0.29, 0.717) is 15.6 Å². The van der Waals surface area contributed by atoms with Gasteiger partial charge in [-0.1, -0.05) is 23.2 Å². The summed E-state index contributed by atoms with van der Waals surface area (Å²) in [4.78, 5) is 18.6. The number of pyridine rings is 1. The quantitative estimate of drug-likeness (QED) is 0.823. The molecule has 2 aromatic rings. The summed E-state index contributed by atoms with van der Waals surface area (Å²) in [5.74, 6) is -0.00659. The first-order chi connectivity index (χ1) is 10.2. The van der Waals surface area contributed by atoms with E-state index in [1.165, 1.54) is 0 Å². The molecule has 1 aliphatic rings. The molecule has 0 spiro atoms. The third kappa shape index (κ3) is 2.89. The number of likely N-dealkylation sites (tertiary alicyclic amines) is 1. The predicted octanol–water partition coefficient (Wildman–Crippen LogP) is 4.37. The zero-order chi connectivity index (χ0) is 14.8. The number of amides is 1. The van der Waals surface area contributed by atoms with Crippen LogP contribution in [0.5, 0.6) is 0 Å². The van der Waals surface area contributed by atoms with Gasteiger partial charge in [0.05, 0.1) is 16.1 Å². The molecule has 0 N–H and O–H groups in total. The maximum absolute atomic E-state index is 12.7. The lowest BCUT2D eigenvalue weighted by Gasteiger charge is -2.25. The molecule has 3 nitrogen and oxygen atoms in total. The second-order valence-electron chi connectivity index (χ2n) is 5.07. The van der Waals surface area contributed by atoms with Crippen LogP contribution in [0.4, 0.5) is 0 Å². The monoisotopic (exact) mass is 320 g/mol. The van der Waals surface area contributed by atoms with E-state index in [1.54, 1.807) is 30.6 Å². The van der Waals surface area contributed by atoms with Crippen molar-refractivity contribution in [2.24, 2.45) is 0 Å². The molecular weight excluding hydrogens is 307 g/mol. The van der Waals surface area contributed by atoms with E-state index in [0.717, 1.165) is 24.9 Å². The Morgan fingerprint density at radius 2 is 1.90 bits per heavy atom. The number of aromatic nitrogens is 1. The second-order valence-corrected chi connectivity index (χ2v) is 5.88. The van der Waals surface area contributed by atoms with Crippen molar-refractivity contribution in [3.8, 4) is 0 Å². The molecule has 0 saturated carbocycles. The maximum atomic E-state index is 12.7. The first kappa shape index (κ1) is 14.4. The van der Waals surface area contributed by atoms with E-state index in [2.05, 4.69) is 4.98 Å². The first-order valence-electron chi connectivity index (χ1n) is 6.83. The molecule has 0 radical (unpaired) electrons. The van der Waals surface area contributed by atoms with Crippen LogP contribution in [0.2, 0.25) is 10.0 Å². The van der Waals surface area contributed by atoms with E-state index in [-0.39, 0.29) is 11.9 Å². The third-order valence-electron chi connectivity index (χ3n) is 3.77. The van der Waals surface area contributed by atoms with Crippen LogP contribution in [-0.4, -0.2) is 22.3 Å². The van der Waals surface area contributed by atoms with Gasteiger partial charge in [0.2, 0.25) is 0 Å². The van der Waals surface area contributed by atoms with Gasteiger partial charge in [-0.05, 0) is 48.7 Å². The molecule has 1 saturated heterocycles. The average molecular weight is 321 g/mol. The van der Waals surface area contributed by atoms with Gasteiger partial charge >= 0.3 is 0 Å². The maximum Gasteiger partial charge on any atom is 0.254 e. The highest BCUT2D eigenvalue weighted by molar-refractivity contribution is 6.42. The number of benzene rings is 1. The Kier molecular flexibility index (Phi) is 4.13. The summed E-state index contributed by atoms with van der Waals surface area (Å²) in [6.45, 7) is 0.756. The smallest absolute Gasteiger partial charge is 0.254 e. The molecule has 0 aliphatic carbocycles. The third-order valence-corrected chi connectivity index (χ3v) is 4.51. The van der Waals surface area contributed by atoms with Crippen molar-refractivity contribution >= 4 is 29.1 Å². The largest absolute Gasteiger partial charge is 0.332 e. The molecule has 2 heterocycles. The summed E-state index contributed by atoms with van der Waals surface area (Å²) in [6.07, 6.45) is 5.49. The van der Waals surface area contributed by atoms with Crippen LogP contribution in [0.25, 0.3) is 0 Å². The standard InChI is InChI=1S/C16H14Cl2N2O/c17-13-4-3-12(10-14(13)18)16(21)20-9-1-2-15(20)11-5-7-19-8-6-11/h3-8,10,15H,1-2,9H2. The fourth-order valence-corrected chi connectivity index (χ4v) is 3.04. The highest BCUT2D eigenvalue weighted by atomic mass is 35.5. The van der Waals surface area contributed by atoms with Crippen LogP contribution in [-0.2, 0) is 0 Å². The van der Waals surface area contributed by atoms with Crippen molar-refractivity contribution in [3.63, 3.8) is 0 Å². The van der Waals surface area contributed by atoms with E-state index in [1.807, 2.05) is 17.0 Å². The molecule has 1 aromatic carbocycles. The molecule has 21 heavy (non-hydrogen) atoms. The average Bonchev–Trinajstić information content (AvgIpc) is 2.99. The van der Waals surface area contributed by atoms with Crippen LogP contribution in [0, 0.1) is 0 Å². The Hall–Kier alpha value is -1.58. The molecule has 1 unspecified atom stereocenters. The molecule has 1 fully saturated rings. The number of carbonyl (C=O) groups excluding carboxylic acids is 1. The van der Waals surface area contributed by atoms with Crippen LogP contribution < -0.4 is 0 Å². The number of halogens is 2. The van der Waals surface area contributed by atoms with Gasteiger partial charge < -0.3 is 4.90 Å². The van der Waals surface area contributed by atoms with Crippen molar-refractivity contribution in [3.05, 3.63) is 63.9 Å². The first-order valence-corrected chi connectivity index (χ1v) is 7.58. The van der Waals surface area contributed by atoms with Crippen molar-refractivity contribution in [2.45, 2.75) is 18.9 Å². The van der Waals surface area contributed by atoms with Gasteiger partial charge in [-0.25, -0.2) is 0 Å². The van der Waals surface area contributed by atoms with Gasteiger partial charge in [0.1, 0.15) is 0 Å². The fraction of sp³-hybridized carbons (Fsp3) is 0.250. The molecule has 108 valence electrons. The van der Waals surface area contributed by atoms with Gasteiger partial charge in [0.25, 0.3) is 5.91 Å². The number of nitrogens with zero attached hydrogens (tertiary/aromatic N) is 2. The summed E-state index contributed by atoms with van der Waals surface area (Å²) in [5, 5.41) is 0.863. The minimum Gasteiger partial charge on any atom is -0.332 e. The van der Waals surface area contributed by atoms with Gasteiger partial charge in [-0.2, -0.15) is 0 Å². The Labute approximate surface area is 133 Å². The van der Waals surface area contributed by atoms with E-state index < -0.39 is 0 Å². The van der Waals surface area contributed by atoms with Gasteiger partial charge in [-0.3, -0.25) is 9.78 Å². The summed E-state index contributed by atoms with van der Waals surface area (Å²) in [7, 11) is 0. The van der Waals surface area contributed by atoms with Gasteiger partial charge in [-0.15, -0.1) is 0 Å². The minimum atomic E-state index is -0.00659. The minimum absolute atomic E-state index is 0.00659. The summed E-state index contributed by atoms with van der Waals surface area (Å²) < 4.78 is 0. The Balaban J connectivity index is 1.88. The molecule has 1 aromatic heterocycles. The number of hydrogen-bond donors (Lipinski definition) is 0. The van der Waals surface area contributed by atoms with E-state index in [9.17, 15) is 4.79 Å². The van der Waals surface area contributed by atoms with Crippen molar-refractivity contribution in [1.29, 1.82) is 0 Å². The number of carbonyl (C=O) groups is 1. The van der Waals surface area contributed by atoms with Crippen LogP contribution in [0.15, 0.2) is 42.7 Å². The molecule has 1 amide bonds. The van der Waals surface area contributed by atoms with Gasteiger partial charge in [0.15, 0.2) is 0 Å². The van der Waals surface area contributed by atoms with E-state index >= 15 is 0 Å². The summed E-state index contributed by atoms with van der Waals surface area (Å²) in [6, 6.07) is 9.05. The Bertz CT molecular complexity index is 661. The van der Waals surface area contributed by atoms with Crippen LogP contribution in [0.1, 0.15) is 34.8 Å². The lowest BCUT2D eigenvalue weighted by Crippen LogP contribution is -2.30. The Morgan fingerprint density at radius 3 is 2.62 bits per heavy atom. The zero-order valence-corrected chi connectivity index (χ0v) is 12.8. The van der Waals surface area contributed by atoms with Crippen LogP contribution in [0.3, 0.4) is 0 Å². The molecule has 3 rings (SSSR count). The van der Waals surface area contributed by atoms with Gasteiger partial charge in [0, 0.05) is 24.5 Å². The normalized spacial score (nSPS) is 18.0. The SMILES string of the molecule is O=C(c1ccc(Cl)c(Cl)c1)N1CCCC1c1ccncc1. The second kappa shape index (κ2) is 6.04. The molecular formula is C16H14Cl2N2O. The van der Waals surface area contributed by atoms with Crippen molar-refractivity contribution < 1.29 is 4.79 Å². The molecule has 0 bridgehead atoms. The Morgan fingerprint density at radius 1 is 1.14 bits per heavy atom. The topological polar surface area (TPSA) is 33.2 Å². The van der Waals surface area contributed by atoms with Crippen LogP contribution >= 0.6 is 23.2 Å². The highest BCUT2D eigenvalue weighted by Crippen LogP contribution is 2.33. The lowest BCUT2D eigenvalue weighted by atomic mass is 10.1. The highest BCUT2D eigenvalue weighted by Gasteiger charge is 2.30. The zero-order valence-electron chi connectivity index (χ0n) is 11.3. The lowest BCUT2D eigenvalue weighted by molar-refractivity contribution is 0.0735.